The molecular weight excluding hydrogens is 577 g/mol. The van der Waals surface area contributed by atoms with Crippen LogP contribution in [-0.4, -0.2) is 23.8 Å². The lowest BCUT2D eigenvalue weighted by Gasteiger charge is -2.10. The summed E-state index contributed by atoms with van der Waals surface area (Å²) in [6.45, 7) is -0.233. The van der Waals surface area contributed by atoms with E-state index in [4.69, 9.17) is 0 Å². The van der Waals surface area contributed by atoms with E-state index in [2.05, 4.69) is 15.8 Å². The standard InChI is InChI=1S/C16H12F3I2N3O2/c17-16(18,19)10-2-1-3-11(6-10)22-8-14(25)24-23-7-9-4-12(20)15(26)13(21)5-9/h1-7,22,26H,8H2,(H,24,25)/b23-7-. The molecule has 0 aliphatic carbocycles. The van der Waals surface area contributed by atoms with E-state index in [0.29, 0.717) is 12.7 Å². The van der Waals surface area contributed by atoms with Gasteiger partial charge in [0.2, 0.25) is 0 Å². The van der Waals surface area contributed by atoms with Gasteiger partial charge in [0.1, 0.15) is 5.75 Å². The highest BCUT2D eigenvalue weighted by Crippen LogP contribution is 2.30. The summed E-state index contributed by atoms with van der Waals surface area (Å²) in [4.78, 5) is 11.7. The number of anilines is 1. The summed E-state index contributed by atoms with van der Waals surface area (Å²) in [7, 11) is 0. The van der Waals surface area contributed by atoms with Gasteiger partial charge in [0.15, 0.2) is 0 Å². The molecule has 0 heterocycles. The highest BCUT2D eigenvalue weighted by molar-refractivity contribution is 14.1. The van der Waals surface area contributed by atoms with Crippen LogP contribution < -0.4 is 10.7 Å². The number of halogens is 5. The molecule has 0 saturated heterocycles. The molecule has 2 rings (SSSR count). The average Bonchev–Trinajstić information content (AvgIpc) is 2.57. The van der Waals surface area contributed by atoms with Gasteiger partial charge in [-0.3, -0.25) is 4.79 Å². The van der Waals surface area contributed by atoms with E-state index in [1.807, 2.05) is 45.2 Å². The van der Waals surface area contributed by atoms with Crippen molar-refractivity contribution in [3.8, 4) is 5.75 Å². The Balaban J connectivity index is 1.90. The van der Waals surface area contributed by atoms with Crippen LogP contribution in [0, 0.1) is 7.14 Å². The molecule has 0 radical (unpaired) electrons. The number of amides is 1. The third-order valence-corrected chi connectivity index (χ3v) is 4.73. The zero-order valence-electron chi connectivity index (χ0n) is 12.9. The summed E-state index contributed by atoms with van der Waals surface area (Å²) in [5.41, 5.74) is 2.35. The Morgan fingerprint density at radius 3 is 2.46 bits per heavy atom. The molecule has 0 aliphatic heterocycles. The zero-order valence-corrected chi connectivity index (χ0v) is 17.3. The summed E-state index contributed by atoms with van der Waals surface area (Å²) in [5.74, 6) is -0.334. The Kier molecular flexibility index (Phi) is 7.08. The first-order valence-corrected chi connectivity index (χ1v) is 9.23. The van der Waals surface area contributed by atoms with Crippen molar-refractivity contribution in [3.63, 3.8) is 0 Å². The number of phenols is 1. The summed E-state index contributed by atoms with van der Waals surface area (Å²) >= 11 is 3.95. The molecule has 5 nitrogen and oxygen atoms in total. The Hall–Kier alpha value is -1.57. The molecule has 138 valence electrons. The van der Waals surface area contributed by atoms with Gasteiger partial charge >= 0.3 is 6.18 Å². The van der Waals surface area contributed by atoms with Crippen molar-refractivity contribution in [2.45, 2.75) is 6.18 Å². The summed E-state index contributed by atoms with van der Waals surface area (Å²) in [6, 6.07) is 7.96. The van der Waals surface area contributed by atoms with Crippen LogP contribution in [0.2, 0.25) is 0 Å². The van der Waals surface area contributed by atoms with Gasteiger partial charge in [-0.2, -0.15) is 18.3 Å². The summed E-state index contributed by atoms with van der Waals surface area (Å²) in [5, 5.41) is 16.1. The Bertz CT molecular complexity index is 819. The van der Waals surface area contributed by atoms with Gasteiger partial charge in [-0.25, -0.2) is 5.43 Å². The maximum atomic E-state index is 12.6. The molecule has 26 heavy (non-hydrogen) atoms. The fraction of sp³-hybridized carbons (Fsp3) is 0.125. The van der Waals surface area contributed by atoms with E-state index in [1.165, 1.54) is 18.3 Å². The van der Waals surface area contributed by atoms with E-state index in [0.717, 1.165) is 12.1 Å². The summed E-state index contributed by atoms with van der Waals surface area (Å²) in [6.07, 6.45) is -3.03. The lowest BCUT2D eigenvalue weighted by molar-refractivity contribution is -0.137. The highest BCUT2D eigenvalue weighted by atomic mass is 127. The van der Waals surface area contributed by atoms with Gasteiger partial charge in [0, 0.05) is 5.69 Å². The van der Waals surface area contributed by atoms with E-state index >= 15 is 0 Å². The Morgan fingerprint density at radius 2 is 1.85 bits per heavy atom. The fourth-order valence-electron chi connectivity index (χ4n) is 1.87. The van der Waals surface area contributed by atoms with Crippen LogP contribution in [0.3, 0.4) is 0 Å². The van der Waals surface area contributed by atoms with Crippen LogP contribution in [0.25, 0.3) is 0 Å². The summed E-state index contributed by atoms with van der Waals surface area (Å²) < 4.78 is 39.2. The molecule has 10 heteroatoms. The Morgan fingerprint density at radius 1 is 1.19 bits per heavy atom. The largest absolute Gasteiger partial charge is 0.506 e. The van der Waals surface area contributed by atoms with Crippen LogP contribution in [0.4, 0.5) is 18.9 Å². The third-order valence-electron chi connectivity index (χ3n) is 3.09. The second-order valence-corrected chi connectivity index (χ2v) is 7.38. The van der Waals surface area contributed by atoms with Crippen LogP contribution >= 0.6 is 45.2 Å². The predicted octanol–water partition coefficient (Wildman–Crippen LogP) is 4.18. The van der Waals surface area contributed by atoms with Crippen LogP contribution in [0.15, 0.2) is 41.5 Å². The zero-order chi connectivity index (χ0) is 19.3. The first-order chi connectivity index (χ1) is 12.2. The molecule has 3 N–H and O–H groups in total. The van der Waals surface area contributed by atoms with Gasteiger partial charge in [-0.05, 0) is 81.1 Å². The molecule has 0 saturated carbocycles. The van der Waals surface area contributed by atoms with Crippen molar-refractivity contribution in [1.82, 2.24) is 5.43 Å². The average molecular weight is 589 g/mol. The van der Waals surface area contributed by atoms with Crippen molar-refractivity contribution in [2.75, 3.05) is 11.9 Å². The van der Waals surface area contributed by atoms with E-state index in [9.17, 15) is 23.1 Å². The molecule has 2 aromatic rings. The van der Waals surface area contributed by atoms with Gasteiger partial charge in [-0.15, -0.1) is 0 Å². The molecule has 0 aromatic heterocycles. The monoisotopic (exact) mass is 589 g/mol. The normalized spacial score (nSPS) is 11.6. The minimum atomic E-state index is -4.44. The quantitative estimate of drug-likeness (QED) is 0.279. The van der Waals surface area contributed by atoms with Gasteiger partial charge < -0.3 is 10.4 Å². The fourth-order valence-corrected chi connectivity index (χ4v) is 3.68. The van der Waals surface area contributed by atoms with E-state index < -0.39 is 17.6 Å². The number of benzene rings is 2. The van der Waals surface area contributed by atoms with Crippen LogP contribution in [0.5, 0.6) is 5.75 Å². The second-order valence-electron chi connectivity index (χ2n) is 5.06. The number of carbonyl (C=O) groups excluding carboxylic acids is 1. The third kappa shape index (κ3) is 6.00. The number of hydrazone groups is 1. The SMILES string of the molecule is O=C(CNc1cccc(C(F)(F)F)c1)N/N=C\c1cc(I)c(O)c(I)c1. The number of alkyl halides is 3. The molecule has 0 spiro atoms. The van der Waals surface area contributed by atoms with Crippen molar-refractivity contribution >= 4 is 63.0 Å². The molecular formula is C16H12F3I2N3O2. The first kappa shape index (κ1) is 20.7. The van der Waals surface area contributed by atoms with Crippen LogP contribution in [0.1, 0.15) is 11.1 Å². The van der Waals surface area contributed by atoms with Crippen molar-refractivity contribution < 1.29 is 23.1 Å². The lowest BCUT2D eigenvalue weighted by atomic mass is 10.2. The smallest absolute Gasteiger partial charge is 0.416 e. The van der Waals surface area contributed by atoms with E-state index in [-0.39, 0.29) is 18.0 Å². The minimum Gasteiger partial charge on any atom is -0.506 e. The lowest BCUT2D eigenvalue weighted by Crippen LogP contribution is -2.26. The minimum absolute atomic E-state index is 0.178. The molecule has 2 aromatic carbocycles. The molecule has 0 bridgehead atoms. The predicted molar refractivity (Wildman–Crippen MR) is 109 cm³/mol. The molecule has 0 fully saturated rings. The highest BCUT2D eigenvalue weighted by Gasteiger charge is 2.30. The number of rotatable bonds is 5. The molecule has 0 unspecified atom stereocenters. The van der Waals surface area contributed by atoms with Crippen molar-refractivity contribution in [1.29, 1.82) is 0 Å². The number of hydrogen-bond acceptors (Lipinski definition) is 4. The topological polar surface area (TPSA) is 73.7 Å². The molecule has 1 amide bonds. The Labute approximate surface area is 174 Å². The van der Waals surface area contributed by atoms with Gasteiger partial charge in [-0.1, -0.05) is 6.07 Å². The van der Waals surface area contributed by atoms with Crippen molar-refractivity contribution in [2.24, 2.45) is 5.10 Å². The number of phenolic OH excluding ortho intramolecular Hbond substituents is 1. The first-order valence-electron chi connectivity index (χ1n) is 7.08. The second kappa shape index (κ2) is 8.88. The van der Waals surface area contributed by atoms with Crippen molar-refractivity contribution in [3.05, 3.63) is 54.7 Å². The van der Waals surface area contributed by atoms with Gasteiger partial charge in [0.05, 0.1) is 25.5 Å². The van der Waals surface area contributed by atoms with E-state index in [1.54, 1.807) is 12.1 Å². The number of aromatic hydroxyl groups is 1. The van der Waals surface area contributed by atoms with Gasteiger partial charge in [0.25, 0.3) is 5.91 Å². The number of nitrogens with zero attached hydrogens (tertiary/aromatic N) is 1. The molecule has 0 aliphatic rings. The molecule has 0 atom stereocenters. The maximum absolute atomic E-state index is 12.6. The number of nitrogens with one attached hydrogen (secondary N) is 2. The maximum Gasteiger partial charge on any atom is 0.416 e. The van der Waals surface area contributed by atoms with Crippen LogP contribution in [-0.2, 0) is 11.0 Å². The number of hydrogen-bond donors (Lipinski definition) is 3. The number of carbonyl (C=O) groups is 1.